The van der Waals surface area contributed by atoms with E-state index in [1.807, 2.05) is 60.7 Å². The predicted octanol–water partition coefficient (Wildman–Crippen LogP) is 10.9. The lowest BCUT2D eigenvalue weighted by molar-refractivity contribution is 0.119. The first-order valence-electron chi connectivity index (χ1n) is 15.9. The van der Waals surface area contributed by atoms with E-state index in [1.165, 1.54) is 22.3 Å². The molecule has 7 aromatic carbocycles. The van der Waals surface area contributed by atoms with Crippen molar-refractivity contribution < 1.29 is 9.52 Å². The zero-order chi connectivity index (χ0) is 31.3. The second-order valence-corrected chi connectivity index (χ2v) is 13.0. The van der Waals surface area contributed by atoms with Crippen molar-refractivity contribution in [3.05, 3.63) is 202 Å². The molecule has 8 aromatic rings. The van der Waals surface area contributed by atoms with Gasteiger partial charge in [-0.3, -0.25) is 0 Å². The van der Waals surface area contributed by atoms with E-state index in [0.717, 1.165) is 60.9 Å². The third kappa shape index (κ3) is 3.34. The van der Waals surface area contributed by atoms with Crippen LogP contribution in [0.3, 0.4) is 0 Å². The van der Waals surface area contributed by atoms with Gasteiger partial charge in [-0.15, -0.1) is 0 Å². The van der Waals surface area contributed by atoms with Crippen molar-refractivity contribution in [1.29, 1.82) is 0 Å². The van der Waals surface area contributed by atoms with Crippen LogP contribution < -0.4 is 0 Å². The summed E-state index contributed by atoms with van der Waals surface area (Å²) in [5, 5.41) is 16.3. The molecule has 1 aromatic heterocycles. The Morgan fingerprint density at radius 3 is 1.60 bits per heavy atom. The number of hydrogen-bond donors (Lipinski definition) is 1. The molecule has 1 spiro atoms. The van der Waals surface area contributed by atoms with Gasteiger partial charge < -0.3 is 9.52 Å². The highest BCUT2D eigenvalue weighted by Gasteiger charge is 2.56. The topological polar surface area (TPSA) is 33.4 Å². The van der Waals surface area contributed by atoms with E-state index in [4.69, 9.17) is 16.0 Å². The highest BCUT2D eigenvalue weighted by Crippen LogP contribution is 2.63. The van der Waals surface area contributed by atoms with Crippen molar-refractivity contribution >= 4 is 33.5 Å². The minimum Gasteiger partial charge on any atom is -0.456 e. The third-order valence-corrected chi connectivity index (χ3v) is 10.7. The fourth-order valence-electron chi connectivity index (χ4n) is 8.70. The number of benzene rings is 7. The average molecular weight is 623 g/mol. The Hall–Kier alpha value is -5.41. The summed E-state index contributed by atoms with van der Waals surface area (Å²) in [6.07, 6.45) is 0. The van der Waals surface area contributed by atoms with Crippen LogP contribution in [0.25, 0.3) is 44.2 Å². The first-order chi connectivity index (χ1) is 23.1. The lowest BCUT2D eigenvalue weighted by atomic mass is 9.56. The van der Waals surface area contributed by atoms with Crippen LogP contribution in [0.5, 0.6) is 0 Å². The monoisotopic (exact) mass is 622 g/mol. The van der Waals surface area contributed by atoms with Crippen molar-refractivity contribution in [3.8, 4) is 22.3 Å². The van der Waals surface area contributed by atoms with Crippen molar-refractivity contribution in [2.24, 2.45) is 0 Å². The molecule has 0 aliphatic heterocycles. The summed E-state index contributed by atoms with van der Waals surface area (Å²) in [5.41, 5.74) is 10.9. The van der Waals surface area contributed by atoms with Crippen LogP contribution in [0.2, 0.25) is 5.02 Å². The van der Waals surface area contributed by atoms with Gasteiger partial charge >= 0.3 is 0 Å². The fourth-order valence-corrected chi connectivity index (χ4v) is 8.87. The van der Waals surface area contributed by atoms with Gasteiger partial charge in [0, 0.05) is 21.4 Å². The Bertz CT molecular complexity index is 2480. The van der Waals surface area contributed by atoms with E-state index in [-0.39, 0.29) is 0 Å². The Morgan fingerprint density at radius 2 is 0.936 bits per heavy atom. The van der Waals surface area contributed by atoms with Gasteiger partial charge in [-0.2, -0.15) is 0 Å². The van der Waals surface area contributed by atoms with Crippen LogP contribution >= 0.6 is 11.6 Å². The number of rotatable bonds is 2. The quantitative estimate of drug-likeness (QED) is 0.208. The summed E-state index contributed by atoms with van der Waals surface area (Å²) < 4.78 is 6.30. The van der Waals surface area contributed by atoms with Crippen LogP contribution in [0.4, 0.5) is 0 Å². The van der Waals surface area contributed by atoms with Crippen LogP contribution in [0.15, 0.2) is 162 Å². The van der Waals surface area contributed by atoms with Gasteiger partial charge in [0.2, 0.25) is 0 Å². The van der Waals surface area contributed by atoms with Crippen molar-refractivity contribution in [3.63, 3.8) is 0 Å². The lowest BCUT2D eigenvalue weighted by Gasteiger charge is -2.47. The molecule has 47 heavy (non-hydrogen) atoms. The summed E-state index contributed by atoms with van der Waals surface area (Å²) in [6, 6.07) is 54.4. The van der Waals surface area contributed by atoms with Gasteiger partial charge in [0.05, 0.1) is 5.41 Å². The van der Waals surface area contributed by atoms with Gasteiger partial charge in [0.25, 0.3) is 0 Å². The average Bonchev–Trinajstić information content (AvgIpc) is 3.65. The lowest BCUT2D eigenvalue weighted by Crippen LogP contribution is -2.44. The summed E-state index contributed by atoms with van der Waals surface area (Å²) in [4.78, 5) is 0. The van der Waals surface area contributed by atoms with Crippen LogP contribution in [0.1, 0.15) is 38.9 Å². The van der Waals surface area contributed by atoms with E-state index in [0.29, 0.717) is 5.02 Å². The molecule has 222 valence electrons. The molecule has 0 fully saturated rings. The van der Waals surface area contributed by atoms with Crippen LogP contribution in [0, 0.1) is 0 Å². The molecule has 1 N–H and O–H groups in total. The second kappa shape index (κ2) is 9.56. The van der Waals surface area contributed by atoms with E-state index >= 15 is 0 Å². The number of para-hydroxylation sites is 1. The molecule has 0 saturated carbocycles. The van der Waals surface area contributed by atoms with Gasteiger partial charge in [-0.1, -0.05) is 145 Å². The van der Waals surface area contributed by atoms with Gasteiger partial charge in [0.15, 0.2) is 0 Å². The molecule has 0 saturated heterocycles. The van der Waals surface area contributed by atoms with E-state index in [1.54, 1.807) is 0 Å². The van der Waals surface area contributed by atoms with Crippen molar-refractivity contribution in [1.82, 2.24) is 0 Å². The number of aliphatic hydroxyl groups is 1. The molecule has 2 aliphatic rings. The van der Waals surface area contributed by atoms with Gasteiger partial charge in [-0.25, -0.2) is 0 Å². The first kappa shape index (κ1) is 26.8. The number of fused-ring (bicyclic) bond motifs is 12. The zero-order valence-electron chi connectivity index (χ0n) is 25.2. The highest BCUT2D eigenvalue weighted by atomic mass is 35.5. The molecule has 0 radical (unpaired) electrons. The smallest absolute Gasteiger partial charge is 0.141 e. The maximum Gasteiger partial charge on any atom is 0.141 e. The minimum atomic E-state index is -1.49. The molecule has 2 aliphatic carbocycles. The molecule has 0 atom stereocenters. The maximum atomic E-state index is 13.7. The molecular formula is C44H27ClO2. The van der Waals surface area contributed by atoms with Crippen molar-refractivity contribution in [2.45, 2.75) is 11.0 Å². The molecule has 1 heterocycles. The molecule has 3 heteroatoms. The molecular weight excluding hydrogens is 596 g/mol. The van der Waals surface area contributed by atoms with Gasteiger partial charge in [0.1, 0.15) is 16.8 Å². The molecule has 0 amide bonds. The molecule has 2 nitrogen and oxygen atoms in total. The highest BCUT2D eigenvalue weighted by molar-refractivity contribution is 6.31. The van der Waals surface area contributed by atoms with Crippen molar-refractivity contribution in [2.75, 3.05) is 0 Å². The minimum absolute atomic E-state index is 0.597. The Morgan fingerprint density at radius 1 is 0.426 bits per heavy atom. The van der Waals surface area contributed by atoms with Crippen LogP contribution in [-0.2, 0) is 11.0 Å². The normalized spacial score (nSPS) is 14.9. The second-order valence-electron chi connectivity index (χ2n) is 12.6. The Kier molecular flexibility index (Phi) is 5.44. The van der Waals surface area contributed by atoms with E-state index in [2.05, 4.69) is 97.1 Å². The first-order valence-corrected chi connectivity index (χ1v) is 16.3. The summed E-state index contributed by atoms with van der Waals surface area (Å²) >= 11 is 6.80. The van der Waals surface area contributed by atoms with Gasteiger partial charge in [-0.05, 0) is 79.9 Å². The summed E-state index contributed by atoms with van der Waals surface area (Å²) in [6.45, 7) is 0. The zero-order valence-corrected chi connectivity index (χ0v) is 26.0. The van der Waals surface area contributed by atoms with Crippen LogP contribution in [-0.4, -0.2) is 5.11 Å². The molecule has 0 bridgehead atoms. The predicted molar refractivity (Wildman–Crippen MR) is 190 cm³/mol. The summed E-state index contributed by atoms with van der Waals surface area (Å²) in [7, 11) is 0. The van der Waals surface area contributed by atoms with E-state index in [9.17, 15) is 5.11 Å². The Balaban J connectivity index is 1.34. The fraction of sp³-hybridized carbons (Fsp3) is 0.0455. The summed E-state index contributed by atoms with van der Waals surface area (Å²) in [5.74, 6) is 0. The third-order valence-electron chi connectivity index (χ3n) is 10.5. The molecule has 0 unspecified atom stereocenters. The largest absolute Gasteiger partial charge is 0.456 e. The standard InChI is InChI=1S/C44H27ClO2/c45-27-24-25-35(32(26-27)30-15-11-23-41-42(30)31-14-3-10-22-40(31)47-41)44(46)38-20-8-6-18-36(38)43(37-19-7-9-21-39(37)44)33-16-4-1-12-28(33)29-13-2-5-17-34(29)43/h1-26,46H. The molecule has 10 rings (SSSR count). The number of halogens is 1. The maximum absolute atomic E-state index is 13.7. The number of furan rings is 1. The number of hydrogen-bond acceptors (Lipinski definition) is 2. The Labute approximate surface area is 277 Å². The van der Waals surface area contributed by atoms with E-state index < -0.39 is 11.0 Å². The SMILES string of the molecule is OC1(c2ccc(Cl)cc2-c2cccc3oc4ccccc4c23)c2ccccc2C2(c3ccccc3-c3ccccc32)c2ccccc21.